The van der Waals surface area contributed by atoms with Crippen LogP contribution in [0.5, 0.6) is 11.5 Å². The standard InChI is InChI=1S/C20H20N6O3/c1-11-16(18(21)27)17(14-10-13(28-2)4-5-15(14)29-3)26-20(23-11)24-19(25-26)12-6-8-22-9-7-12/h4-10,17H,1-3H3,(H2,21,27)(H,23,24,25). The molecule has 1 atom stereocenters. The minimum absolute atomic E-state index is 0.371. The summed E-state index contributed by atoms with van der Waals surface area (Å²) in [5.41, 5.74) is 8.21. The molecule has 2 aromatic heterocycles. The Morgan fingerprint density at radius 1 is 1.17 bits per heavy atom. The summed E-state index contributed by atoms with van der Waals surface area (Å²) < 4.78 is 12.6. The number of methoxy groups -OCH3 is 2. The fraction of sp³-hybridized carbons (Fsp3) is 0.200. The van der Waals surface area contributed by atoms with E-state index in [1.165, 1.54) is 0 Å². The number of carbonyl (C=O) groups is 1. The van der Waals surface area contributed by atoms with Crippen molar-refractivity contribution in [3.63, 3.8) is 0 Å². The van der Waals surface area contributed by atoms with Gasteiger partial charge in [0.25, 0.3) is 0 Å². The zero-order valence-corrected chi connectivity index (χ0v) is 16.2. The molecular formula is C20H20N6O3. The molecule has 1 unspecified atom stereocenters. The van der Waals surface area contributed by atoms with Gasteiger partial charge < -0.3 is 20.5 Å². The molecule has 9 heteroatoms. The van der Waals surface area contributed by atoms with Gasteiger partial charge in [0.15, 0.2) is 5.82 Å². The fourth-order valence-electron chi connectivity index (χ4n) is 3.43. The van der Waals surface area contributed by atoms with Crippen LogP contribution in [0.3, 0.4) is 0 Å². The van der Waals surface area contributed by atoms with Gasteiger partial charge >= 0.3 is 0 Å². The number of allylic oxidation sites excluding steroid dienone is 1. The fourth-order valence-corrected chi connectivity index (χ4v) is 3.43. The number of hydrogen-bond donors (Lipinski definition) is 2. The van der Waals surface area contributed by atoms with Crippen LogP contribution in [0.1, 0.15) is 18.5 Å². The molecule has 0 saturated carbocycles. The quantitative estimate of drug-likeness (QED) is 0.683. The zero-order chi connectivity index (χ0) is 20.5. The smallest absolute Gasteiger partial charge is 0.248 e. The second kappa shape index (κ2) is 7.27. The highest BCUT2D eigenvalue weighted by Crippen LogP contribution is 2.40. The maximum atomic E-state index is 12.4. The molecule has 4 rings (SSSR count). The number of amides is 1. The number of benzene rings is 1. The summed E-state index contributed by atoms with van der Waals surface area (Å²) in [6.45, 7) is 1.78. The molecule has 29 heavy (non-hydrogen) atoms. The second-order valence-corrected chi connectivity index (χ2v) is 6.48. The lowest BCUT2D eigenvalue weighted by atomic mass is 9.94. The van der Waals surface area contributed by atoms with Gasteiger partial charge in [0, 0.05) is 29.2 Å². The number of ether oxygens (including phenoxy) is 2. The first kappa shape index (κ1) is 18.5. The maximum absolute atomic E-state index is 12.4. The summed E-state index contributed by atoms with van der Waals surface area (Å²) in [4.78, 5) is 21.0. The SMILES string of the molecule is COc1ccc(OC)c(C2C(C(N)=O)=C(C)Nc3nc(-c4ccncc4)nn32)c1. The summed E-state index contributed by atoms with van der Waals surface area (Å²) in [6, 6.07) is 8.38. The predicted octanol–water partition coefficient (Wildman–Crippen LogP) is 2.13. The Bertz CT molecular complexity index is 1110. The minimum atomic E-state index is -0.628. The van der Waals surface area contributed by atoms with Crippen LogP contribution in [0.25, 0.3) is 11.4 Å². The van der Waals surface area contributed by atoms with Crippen molar-refractivity contribution in [3.8, 4) is 22.9 Å². The van der Waals surface area contributed by atoms with Gasteiger partial charge in [-0.25, -0.2) is 4.68 Å². The molecule has 3 aromatic rings. The lowest BCUT2D eigenvalue weighted by Crippen LogP contribution is -2.32. The van der Waals surface area contributed by atoms with Crippen LogP contribution < -0.4 is 20.5 Å². The number of aromatic nitrogens is 4. The number of nitrogens with two attached hydrogens (primary N) is 1. The third-order valence-electron chi connectivity index (χ3n) is 4.79. The molecule has 1 aromatic carbocycles. The number of pyridine rings is 1. The average molecular weight is 392 g/mol. The number of hydrogen-bond acceptors (Lipinski definition) is 7. The lowest BCUT2D eigenvalue weighted by Gasteiger charge is -2.28. The number of fused-ring (bicyclic) bond motifs is 1. The number of nitrogens with zero attached hydrogens (tertiary/aromatic N) is 4. The average Bonchev–Trinajstić information content (AvgIpc) is 3.16. The molecule has 1 aliphatic rings. The van der Waals surface area contributed by atoms with Gasteiger partial charge in [0.2, 0.25) is 11.9 Å². The van der Waals surface area contributed by atoms with Crippen LogP contribution in [0, 0.1) is 0 Å². The van der Waals surface area contributed by atoms with E-state index in [1.54, 1.807) is 50.4 Å². The van der Waals surface area contributed by atoms with Crippen molar-refractivity contribution in [2.75, 3.05) is 19.5 Å². The van der Waals surface area contributed by atoms with Gasteiger partial charge in [-0.1, -0.05) is 0 Å². The van der Waals surface area contributed by atoms with E-state index in [-0.39, 0.29) is 0 Å². The Hall–Kier alpha value is -3.88. The second-order valence-electron chi connectivity index (χ2n) is 6.48. The Balaban J connectivity index is 1.94. The van der Waals surface area contributed by atoms with Gasteiger partial charge in [-0.3, -0.25) is 9.78 Å². The number of rotatable bonds is 5. The Kier molecular flexibility index (Phi) is 4.63. The first-order chi connectivity index (χ1) is 14.0. The summed E-state index contributed by atoms with van der Waals surface area (Å²) in [5, 5.41) is 7.78. The molecule has 148 valence electrons. The van der Waals surface area contributed by atoms with Crippen LogP contribution in [-0.4, -0.2) is 39.9 Å². The molecule has 0 saturated heterocycles. The summed E-state index contributed by atoms with van der Waals surface area (Å²) in [6.07, 6.45) is 3.34. The van der Waals surface area contributed by atoms with E-state index in [0.717, 1.165) is 5.56 Å². The summed E-state index contributed by atoms with van der Waals surface area (Å²) in [5.74, 6) is 1.64. The molecule has 1 aliphatic heterocycles. The van der Waals surface area contributed by atoms with Crippen molar-refractivity contribution in [2.24, 2.45) is 5.73 Å². The molecule has 0 bridgehead atoms. The highest BCUT2D eigenvalue weighted by atomic mass is 16.5. The summed E-state index contributed by atoms with van der Waals surface area (Å²) in [7, 11) is 3.14. The molecule has 1 amide bonds. The van der Waals surface area contributed by atoms with Gasteiger partial charge in [-0.15, -0.1) is 5.10 Å². The molecule has 9 nitrogen and oxygen atoms in total. The van der Waals surface area contributed by atoms with E-state index in [2.05, 4.69) is 20.4 Å². The van der Waals surface area contributed by atoms with Crippen LogP contribution >= 0.6 is 0 Å². The van der Waals surface area contributed by atoms with Crippen molar-refractivity contribution in [1.29, 1.82) is 0 Å². The van der Waals surface area contributed by atoms with E-state index < -0.39 is 11.9 Å². The van der Waals surface area contributed by atoms with Gasteiger partial charge in [0.1, 0.15) is 17.5 Å². The summed E-state index contributed by atoms with van der Waals surface area (Å²) >= 11 is 0. The van der Waals surface area contributed by atoms with E-state index >= 15 is 0 Å². The zero-order valence-electron chi connectivity index (χ0n) is 16.2. The van der Waals surface area contributed by atoms with Gasteiger partial charge in [0.05, 0.1) is 19.8 Å². The Labute approximate surface area is 167 Å². The van der Waals surface area contributed by atoms with E-state index in [1.807, 2.05) is 18.2 Å². The molecule has 0 aliphatic carbocycles. The van der Waals surface area contributed by atoms with E-state index in [9.17, 15) is 4.79 Å². The Morgan fingerprint density at radius 3 is 2.59 bits per heavy atom. The van der Waals surface area contributed by atoms with Crippen LogP contribution in [0.2, 0.25) is 0 Å². The van der Waals surface area contributed by atoms with E-state index in [4.69, 9.17) is 15.2 Å². The number of nitrogens with one attached hydrogen (secondary N) is 1. The topological polar surface area (TPSA) is 117 Å². The third kappa shape index (κ3) is 3.16. The van der Waals surface area contributed by atoms with Crippen molar-refractivity contribution >= 4 is 11.9 Å². The van der Waals surface area contributed by atoms with Crippen molar-refractivity contribution < 1.29 is 14.3 Å². The van der Waals surface area contributed by atoms with Gasteiger partial charge in [-0.05, 0) is 37.3 Å². The van der Waals surface area contributed by atoms with Crippen LogP contribution in [0.4, 0.5) is 5.95 Å². The first-order valence-corrected chi connectivity index (χ1v) is 8.90. The first-order valence-electron chi connectivity index (χ1n) is 8.90. The van der Waals surface area contributed by atoms with Crippen LogP contribution in [0.15, 0.2) is 54.0 Å². The number of primary amides is 1. The van der Waals surface area contributed by atoms with E-state index in [0.29, 0.717) is 40.1 Å². The number of carbonyl (C=O) groups excluding carboxylic acids is 1. The predicted molar refractivity (Wildman–Crippen MR) is 106 cm³/mol. The Morgan fingerprint density at radius 2 is 1.93 bits per heavy atom. The largest absolute Gasteiger partial charge is 0.497 e. The monoisotopic (exact) mass is 392 g/mol. The normalized spacial score (nSPS) is 15.5. The van der Waals surface area contributed by atoms with Crippen molar-refractivity contribution in [1.82, 2.24) is 19.7 Å². The molecule has 3 N–H and O–H groups in total. The third-order valence-corrected chi connectivity index (χ3v) is 4.79. The maximum Gasteiger partial charge on any atom is 0.248 e. The van der Waals surface area contributed by atoms with Crippen molar-refractivity contribution in [3.05, 3.63) is 59.6 Å². The minimum Gasteiger partial charge on any atom is -0.497 e. The molecule has 0 fully saturated rings. The van der Waals surface area contributed by atoms with Gasteiger partial charge in [-0.2, -0.15) is 4.98 Å². The van der Waals surface area contributed by atoms with Crippen LogP contribution in [-0.2, 0) is 4.79 Å². The highest BCUT2D eigenvalue weighted by molar-refractivity contribution is 5.95. The molecule has 3 heterocycles. The molecule has 0 spiro atoms. The molecule has 0 radical (unpaired) electrons. The molecular weight excluding hydrogens is 372 g/mol. The highest BCUT2D eigenvalue weighted by Gasteiger charge is 2.35. The van der Waals surface area contributed by atoms with Crippen molar-refractivity contribution in [2.45, 2.75) is 13.0 Å². The number of anilines is 1. The lowest BCUT2D eigenvalue weighted by molar-refractivity contribution is -0.115.